The minimum Gasteiger partial charge on any atom is -0.458 e. The lowest BCUT2D eigenvalue weighted by Gasteiger charge is -2.05. The summed E-state index contributed by atoms with van der Waals surface area (Å²) in [6, 6.07) is 1.52. The second kappa shape index (κ2) is 3.92. The van der Waals surface area contributed by atoms with E-state index in [1.807, 2.05) is 0 Å². The molecule has 0 radical (unpaired) electrons. The molecule has 0 atom stereocenters. The van der Waals surface area contributed by atoms with Crippen molar-refractivity contribution in [2.45, 2.75) is 20.0 Å². The molecule has 0 saturated carbocycles. The quantitative estimate of drug-likeness (QED) is 0.793. The molecule has 0 amide bonds. The number of H-pyrrole nitrogens is 1. The Kier molecular flexibility index (Phi) is 2.60. The summed E-state index contributed by atoms with van der Waals surface area (Å²) in [5.41, 5.74) is 0.501. The number of carbonyl (C=O) groups is 1. The number of esters is 1. The summed E-state index contributed by atoms with van der Waals surface area (Å²) < 4.78 is 18.3. The van der Waals surface area contributed by atoms with Crippen molar-refractivity contribution in [1.82, 2.24) is 9.97 Å². The third-order valence-electron chi connectivity index (χ3n) is 2.05. The van der Waals surface area contributed by atoms with E-state index in [2.05, 4.69) is 9.97 Å². The van der Waals surface area contributed by atoms with Crippen molar-refractivity contribution >= 4 is 16.9 Å². The van der Waals surface area contributed by atoms with Gasteiger partial charge in [0.1, 0.15) is 5.69 Å². The largest absolute Gasteiger partial charge is 0.458 e. The van der Waals surface area contributed by atoms with Crippen LogP contribution in [-0.4, -0.2) is 22.0 Å². The van der Waals surface area contributed by atoms with Crippen LogP contribution in [0.25, 0.3) is 10.9 Å². The molecule has 2 aromatic heterocycles. The Morgan fingerprint density at radius 1 is 1.50 bits per heavy atom. The second-order valence-corrected chi connectivity index (χ2v) is 3.72. The molecular weight excluding hydrogens is 211 g/mol. The lowest BCUT2D eigenvalue weighted by Crippen LogP contribution is -2.11. The lowest BCUT2D eigenvalue weighted by atomic mass is 10.3. The van der Waals surface area contributed by atoms with E-state index in [9.17, 15) is 9.18 Å². The first-order valence-electron chi connectivity index (χ1n) is 4.91. The fourth-order valence-electron chi connectivity index (χ4n) is 1.41. The van der Waals surface area contributed by atoms with Crippen molar-refractivity contribution in [3.63, 3.8) is 0 Å². The predicted octanol–water partition coefficient (Wildman–Crippen LogP) is 2.27. The highest BCUT2D eigenvalue weighted by Crippen LogP contribution is 2.17. The van der Waals surface area contributed by atoms with E-state index in [0.717, 1.165) is 6.20 Å². The summed E-state index contributed by atoms with van der Waals surface area (Å²) in [5.74, 6) is -0.980. The van der Waals surface area contributed by atoms with Gasteiger partial charge in [0.15, 0.2) is 5.82 Å². The normalized spacial score (nSPS) is 11.0. The first kappa shape index (κ1) is 10.6. The fraction of sp³-hybridized carbons (Fsp3) is 0.273. The molecule has 5 heteroatoms. The summed E-state index contributed by atoms with van der Waals surface area (Å²) >= 11 is 0. The number of hydrogen-bond donors (Lipinski definition) is 1. The Balaban J connectivity index is 2.40. The monoisotopic (exact) mass is 222 g/mol. The Morgan fingerprint density at radius 2 is 2.25 bits per heavy atom. The maximum Gasteiger partial charge on any atom is 0.355 e. The minimum atomic E-state index is -0.495. The highest BCUT2D eigenvalue weighted by molar-refractivity contribution is 5.94. The Labute approximate surface area is 91.4 Å². The zero-order chi connectivity index (χ0) is 11.7. The van der Waals surface area contributed by atoms with E-state index >= 15 is 0 Å². The van der Waals surface area contributed by atoms with E-state index in [-0.39, 0.29) is 17.3 Å². The summed E-state index contributed by atoms with van der Waals surface area (Å²) in [4.78, 5) is 17.9. The van der Waals surface area contributed by atoms with E-state index in [0.29, 0.717) is 5.39 Å². The number of nitrogens with one attached hydrogen (secondary N) is 1. The van der Waals surface area contributed by atoms with Gasteiger partial charge in [-0.3, -0.25) is 4.98 Å². The van der Waals surface area contributed by atoms with Crippen LogP contribution in [0.1, 0.15) is 24.3 Å². The topological polar surface area (TPSA) is 55.0 Å². The van der Waals surface area contributed by atoms with Gasteiger partial charge in [-0.05, 0) is 19.9 Å². The third-order valence-corrected chi connectivity index (χ3v) is 2.05. The van der Waals surface area contributed by atoms with Gasteiger partial charge < -0.3 is 9.72 Å². The van der Waals surface area contributed by atoms with Gasteiger partial charge in [0.25, 0.3) is 0 Å². The van der Waals surface area contributed by atoms with Crippen LogP contribution >= 0.6 is 0 Å². The van der Waals surface area contributed by atoms with Gasteiger partial charge in [0, 0.05) is 11.6 Å². The number of carbonyl (C=O) groups excluding carboxylic acids is 1. The molecule has 1 N–H and O–H groups in total. The third kappa shape index (κ3) is 1.88. The summed E-state index contributed by atoms with van der Waals surface area (Å²) in [6.07, 6.45) is 2.37. The van der Waals surface area contributed by atoms with Crippen LogP contribution in [0.4, 0.5) is 4.39 Å². The van der Waals surface area contributed by atoms with Crippen LogP contribution in [0.15, 0.2) is 18.5 Å². The predicted molar refractivity (Wildman–Crippen MR) is 56.6 cm³/mol. The zero-order valence-electron chi connectivity index (χ0n) is 8.95. The number of ether oxygens (including phenoxy) is 1. The molecular formula is C11H11FN2O2. The Morgan fingerprint density at radius 3 is 2.88 bits per heavy atom. The summed E-state index contributed by atoms with van der Waals surface area (Å²) in [7, 11) is 0. The molecule has 0 unspecified atom stereocenters. The van der Waals surface area contributed by atoms with E-state index in [4.69, 9.17) is 4.74 Å². The standard InChI is InChI=1S/C11H11FN2O2/c1-6(2)16-11(15)9-3-7-4-13-5-8(12)10(7)14-9/h3-6,14H,1-2H3. The first-order valence-corrected chi connectivity index (χ1v) is 4.91. The molecule has 2 rings (SSSR count). The Bertz CT molecular complexity index is 534. The maximum absolute atomic E-state index is 13.3. The molecule has 4 nitrogen and oxygen atoms in total. The fourth-order valence-corrected chi connectivity index (χ4v) is 1.41. The van der Waals surface area contributed by atoms with Crippen LogP contribution in [0, 0.1) is 5.82 Å². The van der Waals surface area contributed by atoms with Crippen molar-refractivity contribution in [3.05, 3.63) is 30.0 Å². The molecule has 2 heterocycles. The van der Waals surface area contributed by atoms with E-state index in [1.165, 1.54) is 12.3 Å². The molecule has 84 valence electrons. The van der Waals surface area contributed by atoms with E-state index < -0.39 is 11.8 Å². The summed E-state index contributed by atoms with van der Waals surface area (Å²) in [5, 5.41) is 0.552. The molecule has 0 aliphatic carbocycles. The van der Waals surface area contributed by atoms with Crippen LogP contribution in [-0.2, 0) is 4.74 Å². The average molecular weight is 222 g/mol. The average Bonchev–Trinajstić information content (AvgIpc) is 2.61. The number of aromatic nitrogens is 2. The van der Waals surface area contributed by atoms with Crippen LogP contribution in [0.2, 0.25) is 0 Å². The van der Waals surface area contributed by atoms with Crippen LogP contribution in [0.5, 0.6) is 0 Å². The molecule has 0 fully saturated rings. The SMILES string of the molecule is CC(C)OC(=O)c1cc2cncc(F)c2[nH]1. The molecule has 0 spiro atoms. The Hall–Kier alpha value is -1.91. The van der Waals surface area contributed by atoms with Crippen molar-refractivity contribution in [3.8, 4) is 0 Å². The van der Waals surface area contributed by atoms with Crippen molar-refractivity contribution < 1.29 is 13.9 Å². The number of halogens is 1. The summed E-state index contributed by atoms with van der Waals surface area (Å²) in [6.45, 7) is 3.51. The van der Waals surface area contributed by atoms with Crippen molar-refractivity contribution in [2.75, 3.05) is 0 Å². The molecule has 0 aliphatic rings. The number of fused-ring (bicyclic) bond motifs is 1. The van der Waals surface area contributed by atoms with Gasteiger partial charge in [-0.1, -0.05) is 0 Å². The second-order valence-electron chi connectivity index (χ2n) is 3.72. The van der Waals surface area contributed by atoms with Gasteiger partial charge in [-0.2, -0.15) is 0 Å². The van der Waals surface area contributed by atoms with Gasteiger partial charge >= 0.3 is 5.97 Å². The number of pyridine rings is 1. The van der Waals surface area contributed by atoms with Crippen LogP contribution in [0.3, 0.4) is 0 Å². The van der Waals surface area contributed by atoms with Crippen LogP contribution < -0.4 is 0 Å². The molecule has 0 aliphatic heterocycles. The van der Waals surface area contributed by atoms with Gasteiger partial charge in [0.05, 0.1) is 17.8 Å². The highest BCUT2D eigenvalue weighted by Gasteiger charge is 2.14. The van der Waals surface area contributed by atoms with Gasteiger partial charge in [-0.15, -0.1) is 0 Å². The van der Waals surface area contributed by atoms with E-state index in [1.54, 1.807) is 13.8 Å². The van der Waals surface area contributed by atoms with Gasteiger partial charge in [-0.25, -0.2) is 9.18 Å². The highest BCUT2D eigenvalue weighted by atomic mass is 19.1. The van der Waals surface area contributed by atoms with Crippen molar-refractivity contribution in [1.29, 1.82) is 0 Å². The number of aromatic amines is 1. The molecule has 0 saturated heterocycles. The maximum atomic E-state index is 13.3. The smallest absolute Gasteiger partial charge is 0.355 e. The molecule has 0 bridgehead atoms. The number of rotatable bonds is 2. The minimum absolute atomic E-state index is 0.207. The molecule has 2 aromatic rings. The lowest BCUT2D eigenvalue weighted by molar-refractivity contribution is 0.0372. The van der Waals surface area contributed by atoms with Gasteiger partial charge in [0.2, 0.25) is 0 Å². The molecule has 16 heavy (non-hydrogen) atoms. The molecule has 0 aromatic carbocycles. The number of hydrogen-bond acceptors (Lipinski definition) is 3. The zero-order valence-corrected chi connectivity index (χ0v) is 8.95. The van der Waals surface area contributed by atoms with Crippen molar-refractivity contribution in [2.24, 2.45) is 0 Å². The number of nitrogens with zero attached hydrogens (tertiary/aromatic N) is 1. The first-order chi connectivity index (χ1) is 7.58.